The fourth-order valence-electron chi connectivity index (χ4n) is 2.97. The molecule has 1 aromatic carbocycles. The number of aromatic nitrogens is 1. The fourth-order valence-corrected chi connectivity index (χ4v) is 3.09. The molecule has 2 heteroatoms. The zero-order chi connectivity index (χ0) is 12.9. The number of benzene rings is 1. The molecule has 0 saturated heterocycles. The first-order valence-corrected chi connectivity index (χ1v) is 6.79. The Morgan fingerprint density at radius 1 is 1.17 bits per heavy atom. The maximum atomic E-state index is 5.95. The molecule has 0 fully saturated rings. The van der Waals surface area contributed by atoms with Gasteiger partial charge in [-0.3, -0.25) is 0 Å². The third kappa shape index (κ3) is 1.87. The van der Waals surface area contributed by atoms with Crippen LogP contribution in [0.2, 0.25) is 5.02 Å². The van der Waals surface area contributed by atoms with Crippen LogP contribution in [0.4, 0.5) is 0 Å². The molecule has 2 heterocycles. The normalized spacial score (nSPS) is 16.9. The Hall–Kier alpha value is -1.21. The molecule has 1 aliphatic heterocycles. The topological polar surface area (TPSA) is 4.93 Å². The highest BCUT2D eigenvalue weighted by molar-refractivity contribution is 6.30. The summed E-state index contributed by atoms with van der Waals surface area (Å²) in [5.41, 5.74) is 5.92. The van der Waals surface area contributed by atoms with Crippen LogP contribution in [0.1, 0.15) is 25.1 Å². The molecule has 0 aliphatic carbocycles. The molecule has 0 unspecified atom stereocenters. The van der Waals surface area contributed by atoms with Crippen LogP contribution < -0.4 is 0 Å². The average Bonchev–Trinajstić information content (AvgIpc) is 2.75. The quantitative estimate of drug-likeness (QED) is 0.700. The molecule has 18 heavy (non-hydrogen) atoms. The minimum atomic E-state index is 0.401. The predicted molar refractivity (Wildman–Crippen MR) is 77.1 cm³/mol. The lowest BCUT2D eigenvalue weighted by atomic mass is 9.89. The number of hydrogen-bond donors (Lipinski definition) is 0. The number of rotatable bonds is 1. The van der Waals surface area contributed by atoms with E-state index < -0.39 is 0 Å². The van der Waals surface area contributed by atoms with E-state index in [0.717, 1.165) is 11.6 Å². The molecule has 0 amide bonds. The summed E-state index contributed by atoms with van der Waals surface area (Å²) in [6.45, 7) is 8.02. The monoisotopic (exact) mass is 259 g/mol. The van der Waals surface area contributed by atoms with Gasteiger partial charge in [-0.15, -0.1) is 0 Å². The molecule has 2 aromatic rings. The van der Waals surface area contributed by atoms with Crippen LogP contribution in [0, 0.1) is 12.3 Å². The van der Waals surface area contributed by atoms with Crippen molar-refractivity contribution in [1.82, 2.24) is 4.57 Å². The van der Waals surface area contributed by atoms with Crippen LogP contribution in [0.5, 0.6) is 0 Å². The first-order chi connectivity index (χ1) is 8.46. The van der Waals surface area contributed by atoms with E-state index >= 15 is 0 Å². The zero-order valence-electron chi connectivity index (χ0n) is 11.1. The lowest BCUT2D eigenvalue weighted by Crippen LogP contribution is -2.12. The van der Waals surface area contributed by atoms with Gasteiger partial charge in [0.2, 0.25) is 0 Å². The van der Waals surface area contributed by atoms with Crippen molar-refractivity contribution in [2.45, 2.75) is 33.7 Å². The van der Waals surface area contributed by atoms with Gasteiger partial charge in [0.1, 0.15) is 0 Å². The van der Waals surface area contributed by atoms with Crippen LogP contribution in [-0.2, 0) is 13.0 Å². The average molecular weight is 260 g/mol. The Bertz CT molecular complexity index is 590. The third-order valence-corrected chi connectivity index (χ3v) is 4.12. The van der Waals surface area contributed by atoms with Gasteiger partial charge >= 0.3 is 0 Å². The second kappa shape index (κ2) is 3.89. The Morgan fingerprint density at radius 2 is 1.83 bits per heavy atom. The van der Waals surface area contributed by atoms with Crippen molar-refractivity contribution >= 4 is 11.6 Å². The van der Waals surface area contributed by atoms with E-state index in [-0.39, 0.29) is 0 Å². The van der Waals surface area contributed by atoms with Crippen LogP contribution in [0.25, 0.3) is 11.1 Å². The second-order valence-electron chi connectivity index (χ2n) is 6.09. The van der Waals surface area contributed by atoms with E-state index in [1.54, 1.807) is 0 Å². The molecule has 94 valence electrons. The van der Waals surface area contributed by atoms with E-state index in [9.17, 15) is 0 Å². The molecule has 0 saturated carbocycles. The van der Waals surface area contributed by atoms with E-state index in [4.69, 9.17) is 11.6 Å². The highest BCUT2D eigenvalue weighted by atomic mass is 35.5. The van der Waals surface area contributed by atoms with Crippen molar-refractivity contribution in [1.29, 1.82) is 0 Å². The smallest absolute Gasteiger partial charge is 0.0406 e. The molecule has 1 nitrogen and oxygen atoms in total. The number of hydrogen-bond acceptors (Lipinski definition) is 0. The summed E-state index contributed by atoms with van der Waals surface area (Å²) in [7, 11) is 0. The van der Waals surface area contributed by atoms with Crippen molar-refractivity contribution in [3.8, 4) is 11.1 Å². The Morgan fingerprint density at radius 3 is 2.44 bits per heavy atom. The molecule has 0 spiro atoms. The largest absolute Gasteiger partial charge is 0.350 e. The van der Waals surface area contributed by atoms with E-state index in [0.29, 0.717) is 5.41 Å². The number of nitrogens with zero attached hydrogens (tertiary/aromatic N) is 1. The molecular weight excluding hydrogens is 242 g/mol. The van der Waals surface area contributed by atoms with Gasteiger partial charge in [-0.2, -0.15) is 0 Å². The molecule has 0 radical (unpaired) electrons. The molecule has 3 rings (SSSR count). The highest BCUT2D eigenvalue weighted by Gasteiger charge is 2.30. The van der Waals surface area contributed by atoms with Gasteiger partial charge in [0.25, 0.3) is 0 Å². The van der Waals surface area contributed by atoms with Crippen LogP contribution in [0.15, 0.2) is 30.5 Å². The van der Waals surface area contributed by atoms with Gasteiger partial charge in [0.15, 0.2) is 0 Å². The van der Waals surface area contributed by atoms with E-state index in [2.05, 4.69) is 43.7 Å². The van der Waals surface area contributed by atoms with Crippen LogP contribution in [0.3, 0.4) is 0 Å². The first-order valence-electron chi connectivity index (χ1n) is 6.41. The van der Waals surface area contributed by atoms with Crippen LogP contribution >= 0.6 is 11.6 Å². The molecular formula is C16H18ClN. The lowest BCUT2D eigenvalue weighted by Gasteiger charge is -2.15. The molecule has 1 aromatic heterocycles. The summed E-state index contributed by atoms with van der Waals surface area (Å²) in [5.74, 6) is 0. The predicted octanol–water partition coefficient (Wildman–Crippen LogP) is 4.70. The van der Waals surface area contributed by atoms with Gasteiger partial charge in [0.05, 0.1) is 0 Å². The summed E-state index contributed by atoms with van der Waals surface area (Å²) < 4.78 is 2.42. The Labute approximate surface area is 113 Å². The summed E-state index contributed by atoms with van der Waals surface area (Å²) in [4.78, 5) is 0. The van der Waals surface area contributed by atoms with Crippen molar-refractivity contribution in [2.75, 3.05) is 0 Å². The Kier molecular flexibility index (Phi) is 2.56. The molecule has 0 atom stereocenters. The zero-order valence-corrected chi connectivity index (χ0v) is 11.9. The van der Waals surface area contributed by atoms with Gasteiger partial charge in [-0.05, 0) is 42.0 Å². The van der Waals surface area contributed by atoms with E-state index in [1.165, 1.54) is 28.8 Å². The summed E-state index contributed by atoms with van der Waals surface area (Å²) >= 11 is 5.95. The fraction of sp³-hybridized carbons (Fsp3) is 0.375. The van der Waals surface area contributed by atoms with Crippen molar-refractivity contribution in [2.24, 2.45) is 5.41 Å². The lowest BCUT2D eigenvalue weighted by molar-refractivity contribution is 0.359. The van der Waals surface area contributed by atoms with Gasteiger partial charge < -0.3 is 4.57 Å². The second-order valence-corrected chi connectivity index (χ2v) is 6.53. The van der Waals surface area contributed by atoms with Gasteiger partial charge in [-0.1, -0.05) is 37.6 Å². The molecule has 0 N–H and O–H groups in total. The first kappa shape index (κ1) is 11.9. The SMILES string of the molecule is Cc1c(-c2ccc(Cl)cc2)cn2c1CC(C)(C)C2. The van der Waals surface area contributed by atoms with Gasteiger partial charge in [0, 0.05) is 29.0 Å². The van der Waals surface area contributed by atoms with Crippen molar-refractivity contribution < 1.29 is 0 Å². The molecule has 0 bridgehead atoms. The van der Waals surface area contributed by atoms with Crippen LogP contribution in [-0.4, -0.2) is 4.57 Å². The minimum absolute atomic E-state index is 0.401. The number of fused-ring (bicyclic) bond motifs is 1. The standard InChI is InChI=1S/C16H18ClN/c1-11-14(12-4-6-13(17)7-5-12)9-18-10-16(2,3)8-15(11)18/h4-7,9H,8,10H2,1-3H3. The minimum Gasteiger partial charge on any atom is -0.350 e. The highest BCUT2D eigenvalue weighted by Crippen LogP contribution is 2.38. The van der Waals surface area contributed by atoms with E-state index in [1.807, 2.05) is 12.1 Å². The third-order valence-electron chi connectivity index (χ3n) is 3.87. The Balaban J connectivity index is 2.04. The maximum absolute atomic E-state index is 5.95. The maximum Gasteiger partial charge on any atom is 0.0406 e. The van der Waals surface area contributed by atoms with Crippen molar-refractivity contribution in [3.05, 3.63) is 46.7 Å². The number of halogens is 1. The van der Waals surface area contributed by atoms with Crippen molar-refractivity contribution in [3.63, 3.8) is 0 Å². The van der Waals surface area contributed by atoms with Gasteiger partial charge in [-0.25, -0.2) is 0 Å². The summed E-state index contributed by atoms with van der Waals surface area (Å²) in [6.07, 6.45) is 3.47. The summed E-state index contributed by atoms with van der Waals surface area (Å²) in [5, 5.41) is 0.796. The summed E-state index contributed by atoms with van der Waals surface area (Å²) in [6, 6.07) is 8.13. The molecule has 1 aliphatic rings.